The van der Waals surface area contributed by atoms with Crippen LogP contribution in [0.4, 0.5) is 0 Å². The quantitative estimate of drug-likeness (QED) is 0.722. The number of Topliss-reactive ketones (excluding diaryl/α,β-unsaturated/α-hetero) is 2. The molecule has 94 valence electrons. The van der Waals surface area contributed by atoms with Crippen molar-refractivity contribution in [3.63, 3.8) is 0 Å². The van der Waals surface area contributed by atoms with E-state index in [0.717, 1.165) is 0 Å². The minimum atomic E-state index is -0.523. The molecule has 1 aliphatic carbocycles. The smallest absolute Gasteiger partial charge is 0.327 e. The number of esters is 1. The molecular weight excluding hydrogens is 236 g/mol. The van der Waals surface area contributed by atoms with Crippen LogP contribution in [-0.2, 0) is 16.1 Å². The van der Waals surface area contributed by atoms with Crippen LogP contribution in [0.5, 0.6) is 0 Å². The molecule has 0 spiro atoms. The fraction of sp³-hybridized carbons (Fsp3) is 0.333. The molecule has 2 rings (SSSR count). The van der Waals surface area contributed by atoms with Crippen molar-refractivity contribution < 1.29 is 19.1 Å². The number of ether oxygens (including phenoxy) is 1. The van der Waals surface area contributed by atoms with Gasteiger partial charge in [-0.25, -0.2) is 4.68 Å². The molecule has 1 aromatic heterocycles. The van der Waals surface area contributed by atoms with E-state index in [0.29, 0.717) is 11.1 Å². The fourth-order valence-corrected chi connectivity index (χ4v) is 1.82. The van der Waals surface area contributed by atoms with Gasteiger partial charge in [0.25, 0.3) is 0 Å². The lowest BCUT2D eigenvalue weighted by molar-refractivity contribution is -0.141. The van der Waals surface area contributed by atoms with Crippen molar-refractivity contribution >= 4 is 17.5 Å². The van der Waals surface area contributed by atoms with Crippen LogP contribution in [0.2, 0.25) is 0 Å². The third kappa shape index (κ3) is 1.66. The van der Waals surface area contributed by atoms with Gasteiger partial charge in [0.15, 0.2) is 5.78 Å². The van der Waals surface area contributed by atoms with Gasteiger partial charge in [-0.3, -0.25) is 14.4 Å². The standard InChI is InChI=1S/C12H12N2O4/c1-6-7(2)12(17)10-8(11(6)16)4-13-14(10)5-9(15)18-3/h4H,5H2,1-3H3. The van der Waals surface area contributed by atoms with Crippen molar-refractivity contribution in [1.29, 1.82) is 0 Å². The maximum Gasteiger partial charge on any atom is 0.327 e. The molecule has 0 aliphatic heterocycles. The summed E-state index contributed by atoms with van der Waals surface area (Å²) in [4.78, 5) is 35.3. The lowest BCUT2D eigenvalue weighted by Gasteiger charge is -2.14. The van der Waals surface area contributed by atoms with Crippen LogP contribution in [0.15, 0.2) is 17.3 Å². The zero-order chi connectivity index (χ0) is 13.4. The maximum absolute atomic E-state index is 12.1. The van der Waals surface area contributed by atoms with Crippen molar-refractivity contribution in [3.8, 4) is 0 Å². The first-order chi connectivity index (χ1) is 8.47. The Kier molecular flexibility index (Phi) is 2.86. The van der Waals surface area contributed by atoms with Gasteiger partial charge in [0.05, 0.1) is 18.9 Å². The van der Waals surface area contributed by atoms with E-state index in [9.17, 15) is 14.4 Å². The first kappa shape index (κ1) is 12.2. The van der Waals surface area contributed by atoms with E-state index in [-0.39, 0.29) is 29.4 Å². The van der Waals surface area contributed by atoms with Crippen LogP contribution < -0.4 is 0 Å². The average Bonchev–Trinajstić information content (AvgIpc) is 2.77. The number of hydrogen-bond donors (Lipinski definition) is 0. The van der Waals surface area contributed by atoms with Crippen LogP contribution >= 0.6 is 0 Å². The molecule has 1 heterocycles. The zero-order valence-electron chi connectivity index (χ0n) is 10.3. The van der Waals surface area contributed by atoms with Gasteiger partial charge in [-0.1, -0.05) is 0 Å². The van der Waals surface area contributed by atoms with E-state index >= 15 is 0 Å². The molecular formula is C12H12N2O4. The molecule has 0 atom stereocenters. The third-order valence-corrected chi connectivity index (χ3v) is 3.05. The van der Waals surface area contributed by atoms with E-state index < -0.39 is 5.97 Å². The van der Waals surface area contributed by atoms with Crippen LogP contribution in [0, 0.1) is 0 Å². The average molecular weight is 248 g/mol. The predicted octanol–water partition coefficient (Wildman–Crippen LogP) is 0.771. The van der Waals surface area contributed by atoms with Gasteiger partial charge in [-0.05, 0) is 13.8 Å². The first-order valence-electron chi connectivity index (χ1n) is 5.37. The topological polar surface area (TPSA) is 78.3 Å². The van der Waals surface area contributed by atoms with Gasteiger partial charge >= 0.3 is 5.97 Å². The summed E-state index contributed by atoms with van der Waals surface area (Å²) in [5.41, 5.74) is 1.21. The number of fused-ring (bicyclic) bond motifs is 1. The summed E-state index contributed by atoms with van der Waals surface area (Å²) in [5, 5.41) is 3.90. The van der Waals surface area contributed by atoms with Crippen LogP contribution in [-0.4, -0.2) is 34.4 Å². The molecule has 18 heavy (non-hydrogen) atoms. The Morgan fingerprint density at radius 2 is 1.89 bits per heavy atom. The maximum atomic E-state index is 12.1. The molecule has 0 saturated heterocycles. The van der Waals surface area contributed by atoms with Gasteiger partial charge in [0.1, 0.15) is 12.2 Å². The third-order valence-electron chi connectivity index (χ3n) is 3.05. The van der Waals surface area contributed by atoms with Gasteiger partial charge in [0, 0.05) is 11.1 Å². The highest BCUT2D eigenvalue weighted by molar-refractivity contribution is 6.25. The number of methoxy groups -OCH3 is 1. The molecule has 0 radical (unpaired) electrons. The van der Waals surface area contributed by atoms with E-state index in [4.69, 9.17) is 0 Å². The second-order valence-electron chi connectivity index (χ2n) is 4.05. The van der Waals surface area contributed by atoms with Crippen molar-refractivity contribution in [3.05, 3.63) is 28.6 Å². The normalized spacial score (nSPS) is 14.8. The number of ketones is 2. The van der Waals surface area contributed by atoms with Crippen molar-refractivity contribution in [1.82, 2.24) is 9.78 Å². The van der Waals surface area contributed by atoms with Gasteiger partial charge in [0.2, 0.25) is 5.78 Å². The molecule has 1 aliphatic rings. The van der Waals surface area contributed by atoms with E-state index in [1.54, 1.807) is 13.8 Å². The summed E-state index contributed by atoms with van der Waals surface area (Å²) in [6.07, 6.45) is 1.31. The Morgan fingerprint density at radius 1 is 1.28 bits per heavy atom. The molecule has 0 aromatic carbocycles. The summed E-state index contributed by atoms with van der Waals surface area (Å²) in [5.74, 6) is -1.02. The molecule has 1 aromatic rings. The Balaban J connectivity index is 2.50. The second-order valence-corrected chi connectivity index (χ2v) is 4.05. The number of rotatable bonds is 2. The van der Waals surface area contributed by atoms with Crippen molar-refractivity contribution in [2.45, 2.75) is 20.4 Å². The van der Waals surface area contributed by atoms with Crippen molar-refractivity contribution in [2.75, 3.05) is 7.11 Å². The Bertz CT molecular complexity index is 595. The molecule has 6 heteroatoms. The molecule has 0 saturated carbocycles. The molecule has 0 bridgehead atoms. The zero-order valence-corrected chi connectivity index (χ0v) is 10.3. The second kappa shape index (κ2) is 4.21. The number of hydrogen-bond acceptors (Lipinski definition) is 5. The molecule has 6 nitrogen and oxygen atoms in total. The van der Waals surface area contributed by atoms with Gasteiger partial charge in [-0.15, -0.1) is 0 Å². The van der Waals surface area contributed by atoms with Crippen molar-refractivity contribution in [2.24, 2.45) is 0 Å². The predicted molar refractivity (Wildman–Crippen MR) is 61.3 cm³/mol. The minimum Gasteiger partial charge on any atom is -0.468 e. The highest BCUT2D eigenvalue weighted by Crippen LogP contribution is 2.25. The summed E-state index contributed by atoms with van der Waals surface area (Å²) in [6.45, 7) is 3.02. The lowest BCUT2D eigenvalue weighted by atomic mass is 9.90. The molecule has 0 unspecified atom stereocenters. The number of allylic oxidation sites excluding steroid dienone is 2. The number of carbonyl (C=O) groups is 3. The van der Waals surface area contributed by atoms with E-state index in [1.807, 2.05) is 0 Å². The highest BCUT2D eigenvalue weighted by Gasteiger charge is 2.32. The lowest BCUT2D eigenvalue weighted by Crippen LogP contribution is -2.24. The molecule has 0 amide bonds. The van der Waals surface area contributed by atoms with Gasteiger partial charge < -0.3 is 4.74 Å². The Labute approximate surface area is 103 Å². The highest BCUT2D eigenvalue weighted by atomic mass is 16.5. The SMILES string of the molecule is COC(=O)Cn1ncc2c1C(=O)C(C)=C(C)C2=O. The summed E-state index contributed by atoms with van der Waals surface area (Å²) >= 11 is 0. The van der Waals surface area contributed by atoms with E-state index in [1.165, 1.54) is 18.0 Å². The van der Waals surface area contributed by atoms with E-state index in [2.05, 4.69) is 9.84 Å². The Hall–Kier alpha value is -2.24. The Morgan fingerprint density at radius 3 is 2.50 bits per heavy atom. The number of carbonyl (C=O) groups excluding carboxylic acids is 3. The minimum absolute atomic E-state index is 0.161. The van der Waals surface area contributed by atoms with Crippen LogP contribution in [0.1, 0.15) is 34.7 Å². The monoisotopic (exact) mass is 248 g/mol. The van der Waals surface area contributed by atoms with Crippen LogP contribution in [0.3, 0.4) is 0 Å². The summed E-state index contributed by atoms with van der Waals surface area (Å²) in [7, 11) is 1.25. The van der Waals surface area contributed by atoms with Gasteiger partial charge in [-0.2, -0.15) is 5.10 Å². The molecule has 0 fully saturated rings. The number of aromatic nitrogens is 2. The number of nitrogens with zero attached hydrogens (tertiary/aromatic N) is 2. The summed E-state index contributed by atoms with van der Waals surface area (Å²) in [6, 6.07) is 0. The molecule has 0 N–H and O–H groups in total. The largest absolute Gasteiger partial charge is 0.468 e. The van der Waals surface area contributed by atoms with Crippen LogP contribution in [0.25, 0.3) is 0 Å². The first-order valence-corrected chi connectivity index (χ1v) is 5.37. The fourth-order valence-electron chi connectivity index (χ4n) is 1.82. The summed E-state index contributed by atoms with van der Waals surface area (Å²) < 4.78 is 5.72.